The number of piperidine rings is 1. The molecule has 3 heterocycles. The second-order valence-corrected chi connectivity index (χ2v) is 15.4. The second-order valence-electron chi connectivity index (χ2n) is 15.4. The number of likely N-dealkylation sites (tertiary alicyclic amines) is 1. The minimum absolute atomic E-state index is 0.0912. The van der Waals surface area contributed by atoms with Crippen LogP contribution in [0.3, 0.4) is 0 Å². The summed E-state index contributed by atoms with van der Waals surface area (Å²) in [5, 5.41) is 11.7. The Morgan fingerprint density at radius 3 is 2.35 bits per heavy atom. The summed E-state index contributed by atoms with van der Waals surface area (Å²) in [4.78, 5) is 7.77. The van der Waals surface area contributed by atoms with Crippen LogP contribution in [0.15, 0.2) is 18.2 Å². The molecule has 2 spiro atoms. The van der Waals surface area contributed by atoms with Crippen LogP contribution < -0.4 is 9.80 Å². The number of aliphatic hydroxyl groups is 1. The van der Waals surface area contributed by atoms with Gasteiger partial charge in [-0.05, 0) is 124 Å². The molecule has 6 fully saturated rings. The monoisotopic (exact) mass is 547 g/mol. The Morgan fingerprint density at radius 2 is 1.57 bits per heavy atom. The Balaban J connectivity index is 0.972. The summed E-state index contributed by atoms with van der Waals surface area (Å²) in [6.45, 7) is 11.9. The van der Waals surface area contributed by atoms with E-state index in [1.54, 1.807) is 0 Å². The van der Waals surface area contributed by atoms with Gasteiger partial charge in [-0.3, -0.25) is 0 Å². The summed E-state index contributed by atoms with van der Waals surface area (Å²) in [5.74, 6) is 3.90. The van der Waals surface area contributed by atoms with E-state index in [2.05, 4.69) is 46.7 Å². The molecule has 3 aliphatic heterocycles. The molecule has 1 N–H and O–H groups in total. The summed E-state index contributed by atoms with van der Waals surface area (Å²) in [6, 6.07) is 7.16. The molecule has 222 valence electrons. The lowest BCUT2D eigenvalue weighted by atomic mass is 9.76. The maximum atomic E-state index is 11.7. The van der Waals surface area contributed by atoms with Crippen LogP contribution in [0.5, 0.6) is 0 Å². The topological polar surface area (TPSA) is 30.0 Å². The van der Waals surface area contributed by atoms with Gasteiger partial charge in [-0.25, -0.2) is 0 Å². The van der Waals surface area contributed by atoms with Gasteiger partial charge < -0.3 is 19.8 Å². The van der Waals surface area contributed by atoms with Crippen LogP contribution in [0.1, 0.15) is 109 Å². The molecule has 4 nitrogen and oxygen atoms in total. The first-order valence-corrected chi connectivity index (χ1v) is 17.5. The molecule has 0 aromatic heterocycles. The zero-order chi connectivity index (χ0) is 27.3. The number of benzene rings is 1. The van der Waals surface area contributed by atoms with Gasteiger partial charge in [0.15, 0.2) is 0 Å². The molecule has 0 amide bonds. The fourth-order valence-corrected chi connectivity index (χ4v) is 10.6. The van der Waals surface area contributed by atoms with E-state index >= 15 is 0 Å². The first kappa shape index (κ1) is 27.6. The molecule has 0 radical (unpaired) electrons. The highest BCUT2D eigenvalue weighted by Crippen LogP contribution is 2.65. The van der Waals surface area contributed by atoms with E-state index < -0.39 is 0 Å². The van der Waals surface area contributed by atoms with E-state index in [0.29, 0.717) is 5.41 Å². The predicted molar refractivity (Wildman–Crippen MR) is 167 cm³/mol. The molecule has 6 aliphatic rings. The fraction of sp³-hybridized carbons (Fsp3) is 0.833. The Morgan fingerprint density at radius 1 is 0.850 bits per heavy atom. The van der Waals surface area contributed by atoms with Gasteiger partial charge in [0.25, 0.3) is 0 Å². The van der Waals surface area contributed by atoms with E-state index in [9.17, 15) is 5.11 Å². The molecule has 1 aromatic carbocycles. The molecule has 1 aromatic rings. The van der Waals surface area contributed by atoms with Crippen LogP contribution in [0.4, 0.5) is 11.4 Å². The zero-order valence-corrected chi connectivity index (χ0v) is 25.8. The predicted octanol–water partition coefficient (Wildman–Crippen LogP) is 7.62. The van der Waals surface area contributed by atoms with Crippen molar-refractivity contribution in [3.05, 3.63) is 23.8 Å². The lowest BCUT2D eigenvalue weighted by Crippen LogP contribution is -2.48. The van der Waals surface area contributed by atoms with Gasteiger partial charge in [-0.1, -0.05) is 51.9 Å². The van der Waals surface area contributed by atoms with Crippen molar-refractivity contribution in [2.45, 2.75) is 116 Å². The highest BCUT2D eigenvalue weighted by atomic mass is 16.3. The first-order valence-electron chi connectivity index (χ1n) is 17.5. The molecule has 2 unspecified atom stereocenters. The number of rotatable bonds is 6. The Kier molecular flexibility index (Phi) is 7.65. The van der Waals surface area contributed by atoms with E-state index in [-0.39, 0.29) is 11.6 Å². The smallest absolute Gasteiger partial charge is 0.132 e. The van der Waals surface area contributed by atoms with E-state index in [4.69, 9.17) is 0 Å². The molecule has 3 saturated heterocycles. The minimum atomic E-state index is -0.334. The van der Waals surface area contributed by atoms with Gasteiger partial charge in [0.2, 0.25) is 0 Å². The molecule has 3 aliphatic carbocycles. The van der Waals surface area contributed by atoms with Gasteiger partial charge in [0.05, 0.1) is 0 Å². The molecule has 0 bridgehead atoms. The van der Waals surface area contributed by atoms with Crippen LogP contribution in [0.2, 0.25) is 0 Å². The molecule has 40 heavy (non-hydrogen) atoms. The third-order valence-electron chi connectivity index (χ3n) is 13.3. The number of aliphatic hydroxyl groups excluding tert-OH is 1. The van der Waals surface area contributed by atoms with Gasteiger partial charge >= 0.3 is 0 Å². The summed E-state index contributed by atoms with van der Waals surface area (Å²) < 4.78 is 0. The number of aryl methyl sites for hydroxylation is 1. The van der Waals surface area contributed by atoms with E-state index in [1.807, 2.05) is 0 Å². The van der Waals surface area contributed by atoms with Gasteiger partial charge in [-0.15, -0.1) is 0 Å². The maximum Gasteiger partial charge on any atom is 0.132 e. The highest BCUT2D eigenvalue weighted by molar-refractivity contribution is 5.63. The van der Waals surface area contributed by atoms with Crippen molar-refractivity contribution >= 4 is 11.4 Å². The van der Waals surface area contributed by atoms with Crippen LogP contribution in [-0.4, -0.2) is 55.5 Å². The summed E-state index contributed by atoms with van der Waals surface area (Å²) >= 11 is 0. The van der Waals surface area contributed by atoms with Crippen molar-refractivity contribution in [1.29, 1.82) is 0 Å². The molecule has 4 heteroatoms. The van der Waals surface area contributed by atoms with Gasteiger partial charge in [-0.2, -0.15) is 0 Å². The SMILES string of the molecule is CC[C@@H]1CCCCCC1[C@@H]1C[C@@]12CCN(c1ccc(N3CCC4(CCN(CC5CCCC5)CC4)C3O)c(C)c1)C2. The third-order valence-corrected chi connectivity index (χ3v) is 13.3. The van der Waals surface area contributed by atoms with Crippen molar-refractivity contribution in [2.24, 2.45) is 34.5 Å². The minimum Gasteiger partial charge on any atom is -0.373 e. The van der Waals surface area contributed by atoms with Crippen LogP contribution >= 0.6 is 0 Å². The van der Waals surface area contributed by atoms with Crippen molar-refractivity contribution in [3.8, 4) is 0 Å². The fourth-order valence-electron chi connectivity index (χ4n) is 10.6. The van der Waals surface area contributed by atoms with Crippen LogP contribution in [0.25, 0.3) is 0 Å². The second kappa shape index (κ2) is 11.1. The molecular formula is C36H57N3O. The number of hydrogen-bond donors (Lipinski definition) is 1. The molecular weight excluding hydrogens is 490 g/mol. The molecule has 5 atom stereocenters. The Hall–Kier alpha value is -1.26. The number of hydrogen-bond acceptors (Lipinski definition) is 4. The van der Waals surface area contributed by atoms with Crippen molar-refractivity contribution in [1.82, 2.24) is 4.90 Å². The number of nitrogens with zero attached hydrogens (tertiary/aromatic N) is 3. The Bertz CT molecular complexity index is 1030. The summed E-state index contributed by atoms with van der Waals surface area (Å²) in [6.07, 6.45) is 20.5. The Labute approximate surface area is 244 Å². The molecule has 7 rings (SSSR count). The maximum absolute atomic E-state index is 11.7. The first-order chi connectivity index (χ1) is 19.5. The van der Waals surface area contributed by atoms with Crippen molar-refractivity contribution < 1.29 is 5.11 Å². The lowest BCUT2D eigenvalue weighted by Gasteiger charge is -2.43. The normalized spacial score (nSPS) is 36.7. The number of anilines is 2. The summed E-state index contributed by atoms with van der Waals surface area (Å²) in [7, 11) is 0. The quantitative estimate of drug-likeness (QED) is 0.371. The lowest BCUT2D eigenvalue weighted by molar-refractivity contribution is -0.00237. The third kappa shape index (κ3) is 5.01. The average Bonchev–Trinajstić information content (AvgIpc) is 3.19. The van der Waals surface area contributed by atoms with Gasteiger partial charge in [0, 0.05) is 43.0 Å². The molecule has 3 saturated carbocycles. The largest absolute Gasteiger partial charge is 0.373 e. The van der Waals surface area contributed by atoms with Crippen molar-refractivity contribution in [2.75, 3.05) is 49.1 Å². The van der Waals surface area contributed by atoms with Gasteiger partial charge in [0.1, 0.15) is 6.23 Å². The average molecular weight is 548 g/mol. The standard InChI is InChI=1S/C36H57N3O/c1-3-29-11-5-4-6-12-31(29)32-24-36(32)17-21-38(26-36)30-13-14-33(27(2)23-30)39-22-18-35(34(39)40)15-19-37(20-16-35)25-28-9-7-8-10-28/h13-14,23,28-29,31-32,34,40H,3-12,15-22,24-26H2,1-2H3/t29-,31?,32+,34?,36-/m1/s1. The van der Waals surface area contributed by atoms with E-state index in [0.717, 1.165) is 49.5 Å². The van der Waals surface area contributed by atoms with Crippen molar-refractivity contribution in [3.63, 3.8) is 0 Å². The highest BCUT2D eigenvalue weighted by Gasteiger charge is 2.60. The summed E-state index contributed by atoms with van der Waals surface area (Å²) in [5.41, 5.74) is 4.73. The zero-order valence-electron chi connectivity index (χ0n) is 25.8. The van der Waals surface area contributed by atoms with E-state index in [1.165, 1.54) is 127 Å². The van der Waals surface area contributed by atoms with Crippen LogP contribution in [-0.2, 0) is 0 Å². The van der Waals surface area contributed by atoms with Crippen LogP contribution in [0, 0.1) is 41.4 Å².